The van der Waals surface area contributed by atoms with Crippen LogP contribution in [-0.2, 0) is 4.79 Å². The zero-order valence-electron chi connectivity index (χ0n) is 13.9. The normalized spacial score (nSPS) is 11.9. The number of nitrogens with two attached hydrogens (primary N) is 1. The van der Waals surface area contributed by atoms with Crippen molar-refractivity contribution in [3.05, 3.63) is 89.1 Å². The van der Waals surface area contributed by atoms with Gasteiger partial charge in [0.25, 0.3) is 0 Å². The van der Waals surface area contributed by atoms with E-state index >= 15 is 0 Å². The van der Waals surface area contributed by atoms with Crippen LogP contribution in [0.15, 0.2) is 66.7 Å². The maximum absolute atomic E-state index is 12.2. The lowest BCUT2D eigenvalue weighted by Crippen LogP contribution is -2.24. The van der Waals surface area contributed by atoms with Gasteiger partial charge in [0.1, 0.15) is 5.92 Å². The summed E-state index contributed by atoms with van der Waals surface area (Å²) in [5.74, 6) is -0.931. The van der Waals surface area contributed by atoms with E-state index in [0.717, 1.165) is 27.9 Å². The second-order valence-electron chi connectivity index (χ2n) is 5.95. The standard InChI is InChI=1S/C21H20N2O/c1-14-8-6-9-15(2)19(14)20(21(22)24)18-13-7-12-17(23-18)16-10-4-3-5-11-16/h3-13,20H,1-2H3,(H2,22,24). The molecule has 1 unspecified atom stereocenters. The summed E-state index contributed by atoms with van der Waals surface area (Å²) in [4.78, 5) is 17.0. The number of nitrogens with zero attached hydrogens (tertiary/aromatic N) is 1. The Balaban J connectivity index is 2.13. The number of hydrogen-bond donors (Lipinski definition) is 1. The molecule has 0 saturated heterocycles. The number of rotatable bonds is 4. The van der Waals surface area contributed by atoms with E-state index in [1.54, 1.807) is 0 Å². The number of amides is 1. The van der Waals surface area contributed by atoms with E-state index in [0.29, 0.717) is 5.69 Å². The summed E-state index contributed by atoms with van der Waals surface area (Å²) in [5.41, 5.74) is 11.3. The molecule has 0 fully saturated rings. The molecule has 120 valence electrons. The van der Waals surface area contributed by atoms with Crippen LogP contribution in [0.4, 0.5) is 0 Å². The van der Waals surface area contributed by atoms with Crippen molar-refractivity contribution in [1.82, 2.24) is 4.98 Å². The molecule has 0 spiro atoms. The van der Waals surface area contributed by atoms with Gasteiger partial charge in [-0.2, -0.15) is 0 Å². The van der Waals surface area contributed by atoms with E-state index in [4.69, 9.17) is 10.7 Å². The largest absolute Gasteiger partial charge is 0.369 e. The van der Waals surface area contributed by atoms with Gasteiger partial charge in [-0.05, 0) is 42.7 Å². The molecule has 0 aliphatic carbocycles. The summed E-state index contributed by atoms with van der Waals surface area (Å²) >= 11 is 0. The second-order valence-corrected chi connectivity index (χ2v) is 5.95. The molecule has 1 amide bonds. The highest BCUT2D eigenvalue weighted by Crippen LogP contribution is 2.30. The Hall–Kier alpha value is -2.94. The minimum atomic E-state index is -0.546. The van der Waals surface area contributed by atoms with E-state index in [2.05, 4.69) is 0 Å². The first-order chi connectivity index (χ1) is 11.6. The fourth-order valence-corrected chi connectivity index (χ4v) is 3.10. The lowest BCUT2D eigenvalue weighted by atomic mass is 9.87. The molecule has 1 heterocycles. The molecule has 0 aliphatic rings. The second kappa shape index (κ2) is 6.67. The number of pyridine rings is 1. The van der Waals surface area contributed by atoms with Crippen molar-refractivity contribution < 1.29 is 4.79 Å². The molecule has 2 N–H and O–H groups in total. The van der Waals surface area contributed by atoms with Gasteiger partial charge >= 0.3 is 0 Å². The van der Waals surface area contributed by atoms with Crippen LogP contribution >= 0.6 is 0 Å². The van der Waals surface area contributed by atoms with Gasteiger partial charge in [0.2, 0.25) is 5.91 Å². The topological polar surface area (TPSA) is 56.0 Å². The SMILES string of the molecule is Cc1cccc(C)c1C(C(N)=O)c1cccc(-c2ccccc2)n1. The van der Waals surface area contributed by atoms with Crippen molar-refractivity contribution in [3.8, 4) is 11.3 Å². The first-order valence-corrected chi connectivity index (χ1v) is 7.95. The molecule has 3 aromatic rings. The van der Waals surface area contributed by atoms with E-state index < -0.39 is 5.92 Å². The van der Waals surface area contributed by atoms with Crippen LogP contribution in [0.5, 0.6) is 0 Å². The van der Waals surface area contributed by atoms with Crippen LogP contribution in [0.2, 0.25) is 0 Å². The molecule has 3 heteroatoms. The van der Waals surface area contributed by atoms with Crippen molar-refractivity contribution in [2.24, 2.45) is 5.73 Å². The van der Waals surface area contributed by atoms with E-state index in [-0.39, 0.29) is 5.91 Å². The van der Waals surface area contributed by atoms with Crippen LogP contribution in [0.1, 0.15) is 28.3 Å². The van der Waals surface area contributed by atoms with Gasteiger partial charge in [-0.3, -0.25) is 9.78 Å². The number of carbonyl (C=O) groups is 1. The Morgan fingerprint density at radius 3 is 2.12 bits per heavy atom. The van der Waals surface area contributed by atoms with Gasteiger partial charge in [-0.25, -0.2) is 0 Å². The zero-order chi connectivity index (χ0) is 17.1. The Bertz CT molecular complexity index is 852. The highest BCUT2D eigenvalue weighted by atomic mass is 16.1. The summed E-state index contributed by atoms with van der Waals surface area (Å²) in [6.07, 6.45) is 0. The summed E-state index contributed by atoms with van der Waals surface area (Å²) < 4.78 is 0. The lowest BCUT2D eigenvalue weighted by Gasteiger charge is -2.19. The number of primary amides is 1. The number of aryl methyl sites for hydroxylation is 2. The Kier molecular flexibility index (Phi) is 4.43. The summed E-state index contributed by atoms with van der Waals surface area (Å²) in [6, 6.07) is 21.6. The molecular formula is C21H20N2O. The van der Waals surface area contributed by atoms with E-state index in [1.807, 2.05) is 80.6 Å². The van der Waals surface area contributed by atoms with Crippen molar-refractivity contribution in [2.75, 3.05) is 0 Å². The number of hydrogen-bond acceptors (Lipinski definition) is 2. The van der Waals surface area contributed by atoms with Gasteiger partial charge in [0.15, 0.2) is 0 Å². The highest BCUT2D eigenvalue weighted by Gasteiger charge is 2.25. The van der Waals surface area contributed by atoms with Gasteiger partial charge in [0, 0.05) is 5.56 Å². The Morgan fingerprint density at radius 2 is 1.50 bits per heavy atom. The first kappa shape index (κ1) is 15.9. The molecule has 1 aromatic heterocycles. The molecule has 0 radical (unpaired) electrons. The maximum Gasteiger partial charge on any atom is 0.231 e. The average Bonchev–Trinajstić information content (AvgIpc) is 2.59. The fourth-order valence-electron chi connectivity index (χ4n) is 3.10. The molecule has 1 atom stereocenters. The Morgan fingerprint density at radius 1 is 0.875 bits per heavy atom. The monoisotopic (exact) mass is 316 g/mol. The van der Waals surface area contributed by atoms with Crippen LogP contribution in [0.3, 0.4) is 0 Å². The molecule has 0 saturated carbocycles. The first-order valence-electron chi connectivity index (χ1n) is 7.95. The zero-order valence-corrected chi connectivity index (χ0v) is 13.9. The summed E-state index contributed by atoms with van der Waals surface area (Å²) in [5, 5.41) is 0. The summed E-state index contributed by atoms with van der Waals surface area (Å²) in [6.45, 7) is 4.00. The van der Waals surface area contributed by atoms with Gasteiger partial charge in [-0.15, -0.1) is 0 Å². The number of carbonyl (C=O) groups excluding carboxylic acids is 1. The van der Waals surface area contributed by atoms with Crippen molar-refractivity contribution in [1.29, 1.82) is 0 Å². The van der Waals surface area contributed by atoms with Crippen molar-refractivity contribution in [2.45, 2.75) is 19.8 Å². The minimum absolute atomic E-state index is 0.384. The average molecular weight is 316 g/mol. The highest BCUT2D eigenvalue weighted by molar-refractivity contribution is 5.86. The fraction of sp³-hybridized carbons (Fsp3) is 0.143. The molecule has 0 aliphatic heterocycles. The van der Waals surface area contributed by atoms with Crippen LogP contribution < -0.4 is 5.73 Å². The minimum Gasteiger partial charge on any atom is -0.369 e. The van der Waals surface area contributed by atoms with Crippen molar-refractivity contribution >= 4 is 5.91 Å². The molecule has 3 rings (SSSR count). The molecule has 2 aromatic carbocycles. The third kappa shape index (κ3) is 3.06. The molecule has 3 nitrogen and oxygen atoms in total. The van der Waals surface area contributed by atoms with Gasteiger partial charge in [0.05, 0.1) is 11.4 Å². The molecular weight excluding hydrogens is 296 g/mol. The number of benzene rings is 2. The third-order valence-electron chi connectivity index (χ3n) is 4.25. The van der Waals surface area contributed by atoms with Gasteiger partial charge in [-0.1, -0.05) is 54.6 Å². The molecule has 0 bridgehead atoms. The van der Waals surface area contributed by atoms with Crippen molar-refractivity contribution in [3.63, 3.8) is 0 Å². The summed E-state index contributed by atoms with van der Waals surface area (Å²) in [7, 11) is 0. The van der Waals surface area contributed by atoms with Crippen LogP contribution in [0, 0.1) is 13.8 Å². The lowest BCUT2D eigenvalue weighted by molar-refractivity contribution is -0.118. The Labute approximate surface area is 142 Å². The van der Waals surface area contributed by atoms with E-state index in [9.17, 15) is 4.79 Å². The maximum atomic E-state index is 12.2. The van der Waals surface area contributed by atoms with Crippen LogP contribution in [-0.4, -0.2) is 10.9 Å². The molecule has 24 heavy (non-hydrogen) atoms. The van der Waals surface area contributed by atoms with E-state index in [1.165, 1.54) is 0 Å². The van der Waals surface area contributed by atoms with Gasteiger partial charge < -0.3 is 5.73 Å². The predicted octanol–water partition coefficient (Wildman–Crippen LogP) is 3.98. The van der Waals surface area contributed by atoms with Crippen LogP contribution in [0.25, 0.3) is 11.3 Å². The smallest absolute Gasteiger partial charge is 0.231 e. The predicted molar refractivity (Wildman–Crippen MR) is 96.6 cm³/mol. The third-order valence-corrected chi connectivity index (χ3v) is 4.25. The quantitative estimate of drug-likeness (QED) is 0.791. The number of aromatic nitrogens is 1.